The van der Waals surface area contributed by atoms with Gasteiger partial charge in [-0.1, -0.05) is 5.10 Å². The summed E-state index contributed by atoms with van der Waals surface area (Å²) in [6, 6.07) is 7.53. The van der Waals surface area contributed by atoms with Crippen molar-refractivity contribution in [3.05, 3.63) is 42.2 Å². The van der Waals surface area contributed by atoms with Crippen molar-refractivity contribution in [3.8, 4) is 11.5 Å². The van der Waals surface area contributed by atoms with Crippen molar-refractivity contribution in [3.63, 3.8) is 0 Å². The van der Waals surface area contributed by atoms with Crippen molar-refractivity contribution in [2.24, 2.45) is 0 Å². The van der Waals surface area contributed by atoms with Gasteiger partial charge in [0.1, 0.15) is 5.69 Å². The van der Waals surface area contributed by atoms with Gasteiger partial charge in [0, 0.05) is 32.4 Å². The highest BCUT2D eigenvalue weighted by atomic mass is 32.2. The number of carbonyl (C=O) groups is 1. The van der Waals surface area contributed by atoms with Crippen molar-refractivity contribution in [2.75, 3.05) is 19.4 Å². The molecule has 0 radical (unpaired) electrons. The number of anilines is 1. The first kappa shape index (κ1) is 18.7. The van der Waals surface area contributed by atoms with E-state index in [0.717, 1.165) is 4.31 Å². The highest BCUT2D eigenvalue weighted by Gasteiger charge is 2.19. The molecule has 3 rings (SSSR count). The zero-order valence-electron chi connectivity index (χ0n) is 14.9. The van der Waals surface area contributed by atoms with Crippen LogP contribution in [0.5, 0.6) is 0 Å². The van der Waals surface area contributed by atoms with Gasteiger partial charge in [0.2, 0.25) is 15.9 Å². The Labute approximate surface area is 155 Å². The Balaban J connectivity index is 1.77. The van der Waals surface area contributed by atoms with Gasteiger partial charge in [0.05, 0.1) is 4.90 Å². The lowest BCUT2D eigenvalue weighted by molar-refractivity contribution is 0.101. The second-order valence-electron chi connectivity index (χ2n) is 5.71. The average Bonchev–Trinajstić information content (AvgIpc) is 3.30. The lowest BCUT2D eigenvalue weighted by Gasteiger charge is -2.11. The van der Waals surface area contributed by atoms with Crippen LogP contribution in [-0.4, -0.2) is 52.7 Å². The van der Waals surface area contributed by atoms with Gasteiger partial charge in [-0.25, -0.2) is 12.7 Å². The number of benzene rings is 1. The lowest BCUT2D eigenvalue weighted by atomic mass is 10.2. The number of amides is 1. The molecule has 2 aromatic heterocycles. The summed E-state index contributed by atoms with van der Waals surface area (Å²) >= 11 is 0. The first-order valence-corrected chi connectivity index (χ1v) is 9.46. The van der Waals surface area contributed by atoms with E-state index in [2.05, 4.69) is 20.6 Å². The molecule has 142 valence electrons. The van der Waals surface area contributed by atoms with Crippen molar-refractivity contribution < 1.29 is 17.6 Å². The fraction of sp³-hybridized carbons (Fsp3) is 0.250. The standard InChI is InChI=1S/C16H18N6O4S/c1-4-22-13(9-10-17-22)14(23)18-16-20-19-15(26-16)11-5-7-12(8-6-11)27(24,25)21(2)3/h5-10H,4H2,1-3H3,(H,18,20,23). The van der Waals surface area contributed by atoms with Gasteiger partial charge in [0.25, 0.3) is 5.91 Å². The Bertz CT molecular complexity index is 1050. The molecule has 0 saturated carbocycles. The first-order valence-electron chi connectivity index (χ1n) is 8.02. The second-order valence-corrected chi connectivity index (χ2v) is 7.86. The van der Waals surface area contributed by atoms with E-state index in [1.54, 1.807) is 18.2 Å². The minimum absolute atomic E-state index is 0.0659. The number of nitrogens with one attached hydrogen (secondary N) is 1. The van der Waals surface area contributed by atoms with E-state index in [4.69, 9.17) is 4.42 Å². The fourth-order valence-electron chi connectivity index (χ4n) is 2.31. The van der Waals surface area contributed by atoms with E-state index in [-0.39, 0.29) is 16.8 Å². The number of carbonyl (C=O) groups excluding carboxylic acids is 1. The molecule has 1 aromatic carbocycles. The van der Waals surface area contributed by atoms with Crippen LogP contribution in [0.3, 0.4) is 0 Å². The van der Waals surface area contributed by atoms with Crippen LogP contribution in [0.2, 0.25) is 0 Å². The minimum atomic E-state index is -3.52. The SMILES string of the molecule is CCn1nccc1C(=O)Nc1nnc(-c2ccc(S(=O)(=O)N(C)C)cc2)o1. The molecule has 0 atom stereocenters. The fourth-order valence-corrected chi connectivity index (χ4v) is 3.21. The highest BCUT2D eigenvalue weighted by molar-refractivity contribution is 7.89. The molecule has 0 aliphatic heterocycles. The van der Waals surface area contributed by atoms with Crippen LogP contribution < -0.4 is 5.32 Å². The predicted octanol–water partition coefficient (Wildman–Crippen LogP) is 1.46. The van der Waals surface area contributed by atoms with E-state index in [1.165, 1.54) is 37.1 Å². The largest absolute Gasteiger partial charge is 0.403 e. The van der Waals surface area contributed by atoms with Crippen molar-refractivity contribution in [2.45, 2.75) is 18.4 Å². The minimum Gasteiger partial charge on any atom is -0.403 e. The van der Waals surface area contributed by atoms with Gasteiger partial charge >= 0.3 is 6.01 Å². The summed E-state index contributed by atoms with van der Waals surface area (Å²) in [5, 5.41) is 14.2. The molecule has 11 heteroatoms. The number of nitrogens with zero attached hydrogens (tertiary/aromatic N) is 5. The molecule has 0 aliphatic rings. The van der Waals surface area contributed by atoms with Gasteiger partial charge in [-0.3, -0.25) is 14.8 Å². The first-order chi connectivity index (χ1) is 12.8. The Hall–Kier alpha value is -3.05. The van der Waals surface area contributed by atoms with Crippen LogP contribution in [-0.2, 0) is 16.6 Å². The second kappa shape index (κ2) is 7.29. The lowest BCUT2D eigenvalue weighted by Crippen LogP contribution is -2.22. The molecule has 10 nitrogen and oxygen atoms in total. The van der Waals surface area contributed by atoms with Crippen molar-refractivity contribution in [1.82, 2.24) is 24.3 Å². The van der Waals surface area contributed by atoms with Crippen LogP contribution >= 0.6 is 0 Å². The molecular formula is C16H18N6O4S. The Morgan fingerprint density at radius 3 is 2.52 bits per heavy atom. The van der Waals surface area contributed by atoms with Crippen molar-refractivity contribution >= 4 is 21.9 Å². The molecule has 2 heterocycles. The van der Waals surface area contributed by atoms with E-state index >= 15 is 0 Å². The summed E-state index contributed by atoms with van der Waals surface area (Å²) in [6.45, 7) is 2.42. The predicted molar refractivity (Wildman–Crippen MR) is 96.5 cm³/mol. The highest BCUT2D eigenvalue weighted by Crippen LogP contribution is 2.22. The van der Waals surface area contributed by atoms with E-state index < -0.39 is 15.9 Å². The van der Waals surface area contributed by atoms with Gasteiger partial charge in [-0.2, -0.15) is 5.10 Å². The quantitative estimate of drug-likeness (QED) is 0.676. The smallest absolute Gasteiger partial charge is 0.322 e. The molecule has 0 aliphatic carbocycles. The summed E-state index contributed by atoms with van der Waals surface area (Å²) in [5.74, 6) is -0.264. The van der Waals surface area contributed by atoms with Gasteiger partial charge < -0.3 is 4.42 Å². The monoisotopic (exact) mass is 390 g/mol. The van der Waals surface area contributed by atoms with E-state index in [9.17, 15) is 13.2 Å². The molecule has 0 saturated heterocycles. The molecule has 1 N–H and O–H groups in total. The number of sulfonamides is 1. The normalized spacial score (nSPS) is 11.7. The van der Waals surface area contributed by atoms with Crippen LogP contribution in [0.15, 0.2) is 45.8 Å². The number of hydrogen-bond donors (Lipinski definition) is 1. The Morgan fingerprint density at radius 1 is 1.19 bits per heavy atom. The van der Waals surface area contributed by atoms with E-state index in [1.807, 2.05) is 6.92 Å². The maximum atomic E-state index is 12.2. The number of aryl methyl sites for hydroxylation is 1. The molecule has 27 heavy (non-hydrogen) atoms. The summed E-state index contributed by atoms with van der Waals surface area (Å²) in [5.41, 5.74) is 0.898. The van der Waals surface area contributed by atoms with Crippen LogP contribution in [0, 0.1) is 0 Å². The third kappa shape index (κ3) is 3.73. The van der Waals surface area contributed by atoms with Crippen LogP contribution in [0.4, 0.5) is 6.01 Å². The zero-order chi connectivity index (χ0) is 19.6. The molecule has 3 aromatic rings. The molecule has 0 unspecified atom stereocenters. The number of hydrogen-bond acceptors (Lipinski definition) is 7. The van der Waals surface area contributed by atoms with Crippen molar-refractivity contribution in [1.29, 1.82) is 0 Å². The maximum Gasteiger partial charge on any atom is 0.322 e. The summed E-state index contributed by atoms with van der Waals surface area (Å²) < 4.78 is 32.3. The van der Waals surface area contributed by atoms with E-state index in [0.29, 0.717) is 17.8 Å². The number of aromatic nitrogens is 4. The van der Waals surface area contributed by atoms with Gasteiger partial charge in [-0.05, 0) is 37.3 Å². The Morgan fingerprint density at radius 2 is 1.89 bits per heavy atom. The van der Waals surface area contributed by atoms with Gasteiger partial charge in [-0.15, -0.1) is 5.10 Å². The van der Waals surface area contributed by atoms with Gasteiger partial charge in [0.15, 0.2) is 0 Å². The van der Waals surface area contributed by atoms with Crippen LogP contribution in [0.1, 0.15) is 17.4 Å². The molecular weight excluding hydrogens is 372 g/mol. The molecule has 0 fully saturated rings. The number of rotatable bonds is 6. The summed E-state index contributed by atoms with van der Waals surface area (Å²) in [4.78, 5) is 12.4. The third-order valence-electron chi connectivity index (χ3n) is 3.77. The molecule has 1 amide bonds. The summed E-state index contributed by atoms with van der Waals surface area (Å²) in [7, 11) is -0.599. The molecule has 0 spiro atoms. The zero-order valence-corrected chi connectivity index (χ0v) is 15.8. The summed E-state index contributed by atoms with van der Waals surface area (Å²) in [6.07, 6.45) is 1.53. The third-order valence-corrected chi connectivity index (χ3v) is 5.60. The topological polar surface area (TPSA) is 123 Å². The maximum absolute atomic E-state index is 12.2. The van der Waals surface area contributed by atoms with Crippen LogP contribution in [0.25, 0.3) is 11.5 Å². The average molecular weight is 390 g/mol. The Kier molecular flexibility index (Phi) is 5.06. The molecule has 0 bridgehead atoms.